The Morgan fingerprint density at radius 1 is 1.00 bits per heavy atom. The maximum absolute atomic E-state index is 11.9. The van der Waals surface area contributed by atoms with Crippen molar-refractivity contribution < 1.29 is 9.90 Å². The first-order valence-corrected chi connectivity index (χ1v) is 6.25. The quantitative estimate of drug-likeness (QED) is 0.829. The third-order valence-electron chi connectivity index (χ3n) is 2.80. The minimum atomic E-state index is -0.757. The van der Waals surface area contributed by atoms with Crippen LogP contribution in [-0.2, 0) is 0 Å². The highest BCUT2D eigenvalue weighted by Crippen LogP contribution is 2.08. The van der Waals surface area contributed by atoms with Crippen molar-refractivity contribution in [2.45, 2.75) is 12.5 Å². The average Bonchev–Trinajstić information content (AvgIpc) is 2.47. The Morgan fingerprint density at radius 2 is 1.58 bits per heavy atom. The molecule has 19 heavy (non-hydrogen) atoms. The molecule has 0 aromatic heterocycles. The molecule has 2 nitrogen and oxygen atoms in total. The summed E-state index contributed by atoms with van der Waals surface area (Å²) in [5.74, 6) is -0.0502. The van der Waals surface area contributed by atoms with Gasteiger partial charge in [0, 0.05) is 12.0 Å². The topological polar surface area (TPSA) is 37.3 Å². The van der Waals surface area contributed by atoms with Gasteiger partial charge in [0.1, 0.15) is 0 Å². The zero-order valence-corrected chi connectivity index (χ0v) is 10.6. The Bertz CT molecular complexity index is 544. The van der Waals surface area contributed by atoms with Crippen LogP contribution < -0.4 is 0 Å². The molecule has 0 saturated carbocycles. The molecule has 0 aliphatic heterocycles. The molecule has 2 aromatic rings. The summed E-state index contributed by atoms with van der Waals surface area (Å²) in [6, 6.07) is 18.7. The fraction of sp³-hybridized carbons (Fsp3) is 0.118. The van der Waals surface area contributed by atoms with Gasteiger partial charge in [-0.3, -0.25) is 4.79 Å². The van der Waals surface area contributed by atoms with Crippen molar-refractivity contribution in [3.05, 3.63) is 77.9 Å². The number of benzene rings is 2. The van der Waals surface area contributed by atoms with E-state index in [1.807, 2.05) is 54.6 Å². The molecule has 2 aromatic carbocycles. The highest BCUT2D eigenvalue weighted by molar-refractivity contribution is 5.96. The summed E-state index contributed by atoms with van der Waals surface area (Å²) >= 11 is 0. The van der Waals surface area contributed by atoms with Crippen LogP contribution in [-0.4, -0.2) is 17.0 Å². The molecule has 0 aliphatic rings. The second-order valence-corrected chi connectivity index (χ2v) is 4.33. The van der Waals surface area contributed by atoms with Crippen molar-refractivity contribution in [2.24, 2.45) is 0 Å². The van der Waals surface area contributed by atoms with Gasteiger partial charge in [0.05, 0.1) is 6.10 Å². The molecule has 0 heterocycles. The Kier molecular flexibility index (Phi) is 4.65. The highest BCUT2D eigenvalue weighted by Gasteiger charge is 2.09. The summed E-state index contributed by atoms with van der Waals surface area (Å²) in [5, 5.41) is 9.83. The summed E-state index contributed by atoms with van der Waals surface area (Å²) in [4.78, 5) is 11.9. The van der Waals surface area contributed by atoms with Crippen LogP contribution in [0, 0.1) is 0 Å². The molecule has 0 unspecified atom stereocenters. The van der Waals surface area contributed by atoms with Crippen molar-refractivity contribution in [1.82, 2.24) is 0 Å². The number of Topliss-reactive ketones (excluding diaryl/α,β-unsaturated/α-hetero) is 1. The maximum atomic E-state index is 11.9. The summed E-state index contributed by atoms with van der Waals surface area (Å²) < 4.78 is 0. The average molecular weight is 252 g/mol. The smallest absolute Gasteiger partial charge is 0.165 e. The lowest BCUT2D eigenvalue weighted by Gasteiger charge is -2.04. The molecule has 0 radical (unpaired) electrons. The Balaban J connectivity index is 1.93. The molecule has 0 bridgehead atoms. The van der Waals surface area contributed by atoms with E-state index in [-0.39, 0.29) is 12.2 Å². The van der Waals surface area contributed by atoms with Gasteiger partial charge in [-0.05, 0) is 5.56 Å². The number of hydrogen-bond donors (Lipinski definition) is 1. The monoisotopic (exact) mass is 252 g/mol. The van der Waals surface area contributed by atoms with E-state index in [4.69, 9.17) is 0 Å². The summed E-state index contributed by atoms with van der Waals surface area (Å²) in [5.41, 5.74) is 1.64. The van der Waals surface area contributed by atoms with Gasteiger partial charge in [-0.25, -0.2) is 0 Å². The molecule has 0 saturated heterocycles. The van der Waals surface area contributed by atoms with Crippen molar-refractivity contribution in [3.8, 4) is 0 Å². The van der Waals surface area contributed by atoms with Gasteiger partial charge in [-0.15, -0.1) is 0 Å². The minimum absolute atomic E-state index is 0.0502. The van der Waals surface area contributed by atoms with E-state index in [0.29, 0.717) is 5.56 Å². The predicted molar refractivity (Wildman–Crippen MR) is 76.9 cm³/mol. The van der Waals surface area contributed by atoms with Gasteiger partial charge < -0.3 is 5.11 Å². The van der Waals surface area contributed by atoms with Crippen molar-refractivity contribution in [1.29, 1.82) is 0 Å². The van der Waals surface area contributed by atoms with Gasteiger partial charge in [0.25, 0.3) is 0 Å². The zero-order valence-electron chi connectivity index (χ0n) is 10.6. The van der Waals surface area contributed by atoms with E-state index in [9.17, 15) is 9.90 Å². The van der Waals surface area contributed by atoms with E-state index in [0.717, 1.165) is 5.56 Å². The van der Waals surface area contributed by atoms with E-state index < -0.39 is 6.10 Å². The molecule has 96 valence electrons. The lowest BCUT2D eigenvalue weighted by molar-refractivity contribution is 0.0923. The minimum Gasteiger partial charge on any atom is -0.389 e. The van der Waals surface area contributed by atoms with Crippen LogP contribution in [0.2, 0.25) is 0 Å². The van der Waals surface area contributed by atoms with Crippen LogP contribution in [0.1, 0.15) is 22.3 Å². The lowest BCUT2D eigenvalue weighted by Crippen LogP contribution is -2.10. The number of aliphatic hydroxyl groups is 1. The Morgan fingerprint density at radius 3 is 2.21 bits per heavy atom. The van der Waals surface area contributed by atoms with Gasteiger partial charge in [0.15, 0.2) is 5.78 Å². The molecule has 0 amide bonds. The maximum Gasteiger partial charge on any atom is 0.165 e. The third kappa shape index (κ3) is 4.19. The van der Waals surface area contributed by atoms with E-state index in [1.54, 1.807) is 18.2 Å². The van der Waals surface area contributed by atoms with Gasteiger partial charge in [-0.2, -0.15) is 0 Å². The zero-order chi connectivity index (χ0) is 13.5. The first-order valence-electron chi connectivity index (χ1n) is 6.25. The number of rotatable bonds is 5. The van der Waals surface area contributed by atoms with Crippen LogP contribution in [0.5, 0.6) is 0 Å². The fourth-order valence-corrected chi connectivity index (χ4v) is 1.79. The first kappa shape index (κ1) is 13.2. The molecule has 1 atom stereocenters. The Labute approximate surface area is 113 Å². The molecular formula is C17H16O2. The highest BCUT2D eigenvalue weighted by atomic mass is 16.3. The van der Waals surface area contributed by atoms with Gasteiger partial charge in [-0.1, -0.05) is 72.8 Å². The SMILES string of the molecule is O=C(C[C@@H](O)/C=C/c1ccccc1)c1ccccc1. The van der Waals surface area contributed by atoms with Crippen molar-refractivity contribution in [2.75, 3.05) is 0 Å². The van der Waals surface area contributed by atoms with E-state index >= 15 is 0 Å². The van der Waals surface area contributed by atoms with E-state index in [2.05, 4.69) is 0 Å². The largest absolute Gasteiger partial charge is 0.389 e. The standard InChI is InChI=1S/C17H16O2/c18-16(12-11-14-7-3-1-4-8-14)13-17(19)15-9-5-2-6-10-15/h1-12,16,18H,13H2/b12-11+/t16-/m0/s1. The molecular weight excluding hydrogens is 236 g/mol. The molecule has 2 rings (SSSR count). The van der Waals surface area contributed by atoms with Crippen molar-refractivity contribution >= 4 is 11.9 Å². The normalized spacial score (nSPS) is 12.5. The van der Waals surface area contributed by atoms with Gasteiger partial charge in [0.2, 0.25) is 0 Å². The second kappa shape index (κ2) is 6.66. The number of carbonyl (C=O) groups is 1. The third-order valence-corrected chi connectivity index (χ3v) is 2.80. The van der Waals surface area contributed by atoms with Crippen LogP contribution >= 0.6 is 0 Å². The molecule has 0 spiro atoms. The summed E-state index contributed by atoms with van der Waals surface area (Å²) in [6.07, 6.45) is 2.82. The fourth-order valence-electron chi connectivity index (χ4n) is 1.79. The van der Waals surface area contributed by atoms with Gasteiger partial charge >= 0.3 is 0 Å². The molecule has 0 fully saturated rings. The number of hydrogen-bond acceptors (Lipinski definition) is 2. The Hall–Kier alpha value is -2.19. The molecule has 1 N–H and O–H groups in total. The van der Waals surface area contributed by atoms with Crippen LogP contribution in [0.25, 0.3) is 6.08 Å². The summed E-state index contributed by atoms with van der Waals surface area (Å²) in [7, 11) is 0. The lowest BCUT2D eigenvalue weighted by atomic mass is 10.0. The molecule has 2 heteroatoms. The number of ketones is 1. The van der Waals surface area contributed by atoms with E-state index in [1.165, 1.54) is 0 Å². The molecule has 0 aliphatic carbocycles. The van der Waals surface area contributed by atoms with Crippen LogP contribution in [0.15, 0.2) is 66.7 Å². The van der Waals surface area contributed by atoms with Crippen molar-refractivity contribution in [3.63, 3.8) is 0 Å². The van der Waals surface area contributed by atoms with Crippen LogP contribution in [0.4, 0.5) is 0 Å². The van der Waals surface area contributed by atoms with Crippen LogP contribution in [0.3, 0.4) is 0 Å². The predicted octanol–water partition coefficient (Wildman–Crippen LogP) is 3.33. The first-order chi connectivity index (χ1) is 9.25. The number of aliphatic hydroxyl groups excluding tert-OH is 1. The second-order valence-electron chi connectivity index (χ2n) is 4.33. The summed E-state index contributed by atoms with van der Waals surface area (Å²) in [6.45, 7) is 0. The number of carbonyl (C=O) groups excluding carboxylic acids is 1.